The van der Waals surface area contributed by atoms with E-state index >= 15 is 0 Å². The number of anilines is 2. The van der Waals surface area contributed by atoms with Crippen LogP contribution in [0.2, 0.25) is 0 Å². The van der Waals surface area contributed by atoms with Crippen LogP contribution in [0.1, 0.15) is 32.7 Å². The highest BCUT2D eigenvalue weighted by Crippen LogP contribution is 2.31. The number of aliphatic hydroxyl groups excluding tert-OH is 1. The van der Waals surface area contributed by atoms with Crippen LogP contribution < -0.4 is 9.62 Å². The van der Waals surface area contributed by atoms with Gasteiger partial charge in [-0.15, -0.1) is 0 Å². The molecule has 5 rings (SSSR count). The molecule has 1 atom stereocenters. The molecule has 1 aliphatic heterocycles. The van der Waals surface area contributed by atoms with Crippen molar-refractivity contribution in [3.63, 3.8) is 0 Å². The molecule has 2 amide bonds. The summed E-state index contributed by atoms with van der Waals surface area (Å²) in [5.74, 6) is -0.299. The summed E-state index contributed by atoms with van der Waals surface area (Å²) in [5, 5.41) is 10.5. The summed E-state index contributed by atoms with van der Waals surface area (Å²) in [4.78, 5) is 41.7. The van der Waals surface area contributed by atoms with Crippen molar-refractivity contribution in [3.05, 3.63) is 77.8 Å². The fourth-order valence-corrected chi connectivity index (χ4v) is 4.64. The molecule has 0 bridgehead atoms. The molecule has 1 saturated heterocycles. The number of pyridine rings is 1. The molecule has 1 unspecified atom stereocenters. The first kappa shape index (κ1) is 22.4. The lowest BCUT2D eigenvalue weighted by atomic mass is 10.1. The quantitative estimate of drug-likeness (QED) is 0.382. The van der Waals surface area contributed by atoms with Gasteiger partial charge in [-0.2, -0.15) is 0 Å². The molecule has 1 aromatic carbocycles. The van der Waals surface area contributed by atoms with Crippen molar-refractivity contribution in [1.29, 1.82) is 0 Å². The lowest BCUT2D eigenvalue weighted by molar-refractivity contribution is -0.121. The third kappa shape index (κ3) is 6.09. The van der Waals surface area contributed by atoms with Gasteiger partial charge in [0.25, 0.3) is 0 Å². The summed E-state index contributed by atoms with van der Waals surface area (Å²) in [6, 6.07) is 6.71. The van der Waals surface area contributed by atoms with Gasteiger partial charge in [-0.1, -0.05) is 18.7 Å². The molecule has 2 aliphatic rings. The summed E-state index contributed by atoms with van der Waals surface area (Å²) in [7, 11) is 0. The Hall–Kier alpha value is -4.38. The van der Waals surface area contributed by atoms with Gasteiger partial charge in [-0.25, -0.2) is 9.78 Å². The summed E-state index contributed by atoms with van der Waals surface area (Å²) in [6.45, 7) is 6.55. The fourth-order valence-electron chi connectivity index (χ4n) is 3.98. The van der Waals surface area contributed by atoms with Crippen molar-refractivity contribution >= 4 is 46.5 Å². The Morgan fingerprint density at radius 2 is 2.08 bits per heavy atom. The molecule has 1 fully saturated rings. The number of carbonyl (C=O) groups excluding carboxylic acids is 2. The average molecular weight is 563 g/mol. The van der Waals surface area contributed by atoms with Crippen molar-refractivity contribution in [2.45, 2.75) is 32.8 Å². The summed E-state index contributed by atoms with van der Waals surface area (Å²) in [6.07, 6.45) is 2.93. The van der Waals surface area contributed by atoms with Crippen LogP contribution in [0.25, 0.3) is 22.2 Å². The molecule has 2 N–H and O–H groups in total. The minimum atomic E-state index is -1.29. The van der Waals surface area contributed by atoms with Gasteiger partial charge in [0.05, 0.1) is 38.1 Å². The number of fused-ring (bicyclic) bond motifs is 1. The number of rotatable bonds is 5. The predicted octanol–water partition coefficient (Wildman–Crippen LogP) is 5.62. The van der Waals surface area contributed by atoms with Crippen molar-refractivity contribution in [2.24, 2.45) is 0 Å². The SMILES string of the molecule is [2H]C=C1C(O)=C(SNc2cncc(-c3ccc4ncc(N5CCN(C(=O)OC(C)(C)C)CC5=O)nc4c3)c2)C([2H])=C([2H])C1[2H]. The summed E-state index contributed by atoms with van der Waals surface area (Å²) in [5.41, 5.74) is 2.52. The first-order valence-corrected chi connectivity index (χ1v) is 13.2. The number of ether oxygens (including phenoxy) is 1. The highest BCUT2D eigenvalue weighted by molar-refractivity contribution is 8.04. The molecule has 1 aliphatic carbocycles. The van der Waals surface area contributed by atoms with Crippen molar-refractivity contribution in [2.75, 3.05) is 29.3 Å². The maximum Gasteiger partial charge on any atom is 0.410 e. The number of carbonyl (C=O) groups is 2. The van der Waals surface area contributed by atoms with E-state index in [2.05, 4.69) is 19.7 Å². The zero-order chi connectivity index (χ0) is 31.8. The summed E-state index contributed by atoms with van der Waals surface area (Å²) >= 11 is 0.895. The van der Waals surface area contributed by atoms with Crippen LogP contribution in [0.4, 0.5) is 16.3 Å². The third-order valence-corrected chi connectivity index (χ3v) is 6.76. The second-order valence-electron chi connectivity index (χ2n) is 10.1. The Labute approximate surface area is 242 Å². The maximum atomic E-state index is 12.9. The number of allylic oxidation sites excluding steroid dienone is 3. The van der Waals surface area contributed by atoms with Gasteiger partial charge >= 0.3 is 6.09 Å². The van der Waals surface area contributed by atoms with Gasteiger partial charge in [-0.3, -0.25) is 24.6 Å². The molecule has 2 aromatic heterocycles. The Balaban J connectivity index is 1.33. The molecule has 10 nitrogen and oxygen atoms in total. The monoisotopic (exact) mass is 562 g/mol. The van der Waals surface area contributed by atoms with E-state index in [1.165, 1.54) is 16.0 Å². The Morgan fingerprint density at radius 3 is 2.85 bits per heavy atom. The number of hydrogen-bond acceptors (Lipinski definition) is 9. The van der Waals surface area contributed by atoms with Crippen LogP contribution in [0, 0.1) is 0 Å². The number of aromatic nitrogens is 3. The number of nitrogens with one attached hydrogen (secondary N) is 1. The van der Waals surface area contributed by atoms with Crippen molar-refractivity contribution < 1.29 is 24.9 Å². The molecular formula is C29H30N6O4S. The first-order valence-electron chi connectivity index (χ1n) is 14.6. The second-order valence-corrected chi connectivity index (χ2v) is 10.9. The normalized spacial score (nSPS) is 20.8. The third-order valence-electron chi connectivity index (χ3n) is 5.92. The topological polar surface area (TPSA) is 121 Å². The molecule has 11 heteroatoms. The lowest BCUT2D eigenvalue weighted by Gasteiger charge is -2.34. The lowest BCUT2D eigenvalue weighted by Crippen LogP contribution is -2.53. The molecule has 3 heterocycles. The highest BCUT2D eigenvalue weighted by atomic mass is 32.2. The van der Waals surface area contributed by atoms with Crippen LogP contribution >= 0.6 is 11.9 Å². The molecular weight excluding hydrogens is 528 g/mol. The molecule has 0 saturated carbocycles. The Morgan fingerprint density at radius 1 is 1.23 bits per heavy atom. The molecule has 40 heavy (non-hydrogen) atoms. The molecule has 0 spiro atoms. The number of nitrogens with zero attached hydrogens (tertiary/aromatic N) is 5. The maximum absolute atomic E-state index is 12.9. The Kier molecular flexibility index (Phi) is 6.18. The number of amides is 2. The van der Waals surface area contributed by atoms with Gasteiger partial charge in [0, 0.05) is 26.2 Å². The Bertz CT molecular complexity index is 1740. The largest absolute Gasteiger partial charge is 0.506 e. The van der Waals surface area contributed by atoms with E-state index in [0.717, 1.165) is 29.6 Å². The zero-order valence-corrected chi connectivity index (χ0v) is 23.0. The minimum Gasteiger partial charge on any atom is -0.506 e. The van der Waals surface area contributed by atoms with E-state index in [1.807, 2.05) is 24.3 Å². The van der Waals surface area contributed by atoms with Crippen molar-refractivity contribution in [1.82, 2.24) is 19.9 Å². The van der Waals surface area contributed by atoms with E-state index in [0.29, 0.717) is 29.1 Å². The zero-order valence-electron chi connectivity index (χ0n) is 26.1. The first-order chi connectivity index (χ1) is 20.9. The van der Waals surface area contributed by atoms with Crippen LogP contribution in [-0.4, -0.2) is 62.2 Å². The van der Waals surface area contributed by atoms with E-state index in [-0.39, 0.29) is 47.3 Å². The molecule has 3 aromatic rings. The number of benzene rings is 1. The van der Waals surface area contributed by atoms with Gasteiger partial charge in [0.15, 0.2) is 5.82 Å². The predicted molar refractivity (Wildman–Crippen MR) is 157 cm³/mol. The van der Waals surface area contributed by atoms with Crippen LogP contribution in [0.5, 0.6) is 0 Å². The van der Waals surface area contributed by atoms with Crippen LogP contribution in [0.3, 0.4) is 0 Å². The number of hydrogen-bond donors (Lipinski definition) is 2. The van der Waals surface area contributed by atoms with Gasteiger partial charge in [0.1, 0.15) is 17.9 Å². The van der Waals surface area contributed by atoms with Gasteiger partial charge in [-0.05, 0) is 74.5 Å². The van der Waals surface area contributed by atoms with Gasteiger partial charge in [0.2, 0.25) is 5.91 Å². The van der Waals surface area contributed by atoms with Gasteiger partial charge < -0.3 is 14.6 Å². The highest BCUT2D eigenvalue weighted by Gasteiger charge is 2.31. The summed E-state index contributed by atoms with van der Waals surface area (Å²) < 4.78 is 40.0. The van der Waals surface area contributed by atoms with Crippen LogP contribution in [-0.2, 0) is 9.53 Å². The van der Waals surface area contributed by atoms with Crippen molar-refractivity contribution in [3.8, 4) is 11.1 Å². The molecule has 206 valence electrons. The second kappa shape index (κ2) is 11.0. The smallest absolute Gasteiger partial charge is 0.410 e. The van der Waals surface area contributed by atoms with E-state index in [4.69, 9.17) is 10.2 Å². The fraction of sp³-hybridized carbons (Fsp3) is 0.276. The standard InChI is InChI=1S/C29H30N6O4S/c1-18-6-5-7-24(27(18)37)40-33-21-12-20(14-30-15-21)19-8-9-22-23(13-19)32-25(16-31-22)35-11-10-34(17-26(35)36)28(38)39-29(2,3)4/h5,7-9,12-16,33,37H,1,6,10-11,17H2,2-4H3/i1D,5D,6D,7D. The number of aliphatic hydroxyl groups is 1. The minimum absolute atomic E-state index is 0.0392. The van der Waals surface area contributed by atoms with E-state index in [1.54, 1.807) is 33.2 Å². The van der Waals surface area contributed by atoms with Crippen LogP contribution in [0.15, 0.2) is 77.8 Å². The van der Waals surface area contributed by atoms with E-state index in [9.17, 15) is 14.7 Å². The number of piperazine rings is 1. The van der Waals surface area contributed by atoms with E-state index < -0.39 is 18.1 Å². The average Bonchev–Trinajstić information content (AvgIpc) is 2.99. The molecule has 0 radical (unpaired) electrons.